The fraction of sp³-hybridized carbons (Fsp3) is 0.205. The zero-order valence-electron chi connectivity index (χ0n) is 30.3. The largest absolute Gasteiger partial charge is 0.501 e. The molecule has 0 spiro atoms. The Hall–Kier alpha value is -4.48. The van der Waals surface area contributed by atoms with Crippen molar-refractivity contribution in [2.45, 2.75) is 59.8 Å². The number of furan rings is 1. The number of nitrogens with zero attached hydrogens (tertiary/aromatic N) is 3. The van der Waals surface area contributed by atoms with Crippen LogP contribution in [0.25, 0.3) is 65.8 Å². The van der Waals surface area contributed by atoms with Gasteiger partial charge in [-0.2, -0.15) is 0 Å². The SMILES string of the molecule is [2H]C(C)(C)c1cc(-c2[c-]ccc3c2oc2cc4nc(C(C)(C)C)sc4cc23)ncc1-c1c(C)cccc1C.[Ir].[c-]1ccccc1-c1ccccn1. The van der Waals surface area contributed by atoms with Crippen molar-refractivity contribution in [2.24, 2.45) is 0 Å². The molecule has 4 aromatic carbocycles. The monoisotopic (exact) mass is 851 g/mol. The van der Waals surface area contributed by atoms with Gasteiger partial charge in [0.1, 0.15) is 5.58 Å². The van der Waals surface area contributed by atoms with Gasteiger partial charge in [0, 0.05) is 56.3 Å². The minimum absolute atomic E-state index is 0. The Morgan fingerprint density at radius 3 is 2.28 bits per heavy atom. The third-order valence-electron chi connectivity index (χ3n) is 8.68. The summed E-state index contributed by atoms with van der Waals surface area (Å²) in [5, 5.41) is 3.23. The second kappa shape index (κ2) is 14.4. The molecular weight excluding hydrogens is 811 g/mol. The van der Waals surface area contributed by atoms with Gasteiger partial charge < -0.3 is 14.4 Å². The number of thiazole rings is 1. The van der Waals surface area contributed by atoms with Crippen molar-refractivity contribution in [2.75, 3.05) is 0 Å². The molecular formula is C44H39IrN3OS-2. The van der Waals surface area contributed by atoms with Crippen LogP contribution in [0.2, 0.25) is 0 Å². The summed E-state index contributed by atoms with van der Waals surface area (Å²) >= 11 is 1.74. The van der Waals surface area contributed by atoms with Crippen molar-refractivity contribution in [1.82, 2.24) is 15.0 Å². The van der Waals surface area contributed by atoms with Crippen molar-refractivity contribution in [3.05, 3.63) is 137 Å². The van der Waals surface area contributed by atoms with Crippen LogP contribution in [0.15, 0.2) is 108 Å². The molecule has 4 heterocycles. The summed E-state index contributed by atoms with van der Waals surface area (Å²) in [6.07, 6.45) is 3.70. The minimum atomic E-state index is -0.815. The molecule has 0 unspecified atom stereocenters. The van der Waals surface area contributed by atoms with Crippen molar-refractivity contribution in [3.63, 3.8) is 0 Å². The average Bonchev–Trinajstić information content (AvgIpc) is 3.69. The number of hydrogen-bond acceptors (Lipinski definition) is 5. The van der Waals surface area contributed by atoms with E-state index < -0.39 is 5.89 Å². The predicted molar refractivity (Wildman–Crippen MR) is 205 cm³/mol. The van der Waals surface area contributed by atoms with Crippen molar-refractivity contribution in [1.29, 1.82) is 0 Å². The molecule has 8 rings (SSSR count). The first kappa shape index (κ1) is 34.0. The smallest absolute Gasteiger partial charge is 0.123 e. The molecule has 0 fully saturated rings. The Bertz CT molecular complexity index is 2420. The van der Waals surface area contributed by atoms with Gasteiger partial charge in [0.15, 0.2) is 0 Å². The minimum Gasteiger partial charge on any atom is -0.501 e. The Morgan fingerprint density at radius 1 is 0.820 bits per heavy atom. The van der Waals surface area contributed by atoms with E-state index in [1.165, 1.54) is 11.1 Å². The average molecular weight is 851 g/mol. The maximum Gasteiger partial charge on any atom is 0.123 e. The van der Waals surface area contributed by atoms with E-state index in [1.54, 1.807) is 17.5 Å². The molecule has 0 saturated heterocycles. The Labute approximate surface area is 313 Å². The van der Waals surface area contributed by atoms with Crippen LogP contribution < -0.4 is 0 Å². The van der Waals surface area contributed by atoms with Crippen LogP contribution in [-0.4, -0.2) is 15.0 Å². The van der Waals surface area contributed by atoms with Crippen molar-refractivity contribution >= 4 is 43.5 Å². The number of pyridine rings is 2. The van der Waals surface area contributed by atoms with E-state index in [0.29, 0.717) is 0 Å². The summed E-state index contributed by atoms with van der Waals surface area (Å²) in [5.41, 5.74) is 11.6. The third kappa shape index (κ3) is 6.93. The first-order valence-electron chi connectivity index (χ1n) is 17.0. The van der Waals surface area contributed by atoms with Gasteiger partial charge in [0.25, 0.3) is 0 Å². The Morgan fingerprint density at radius 2 is 1.60 bits per heavy atom. The van der Waals surface area contributed by atoms with E-state index in [1.807, 2.05) is 74.6 Å². The molecule has 0 saturated carbocycles. The number of benzene rings is 4. The standard InChI is InChI=1S/C33H31N2OS.C11H8N.Ir/c1-18(2)23-14-26(34-17-25(23)30-19(3)10-8-11-20(30)4)22-13-9-12-21-24-15-29-27(16-28(24)36-31(21)22)35-32(37-29)33(5,6)7;1-2-6-10(7-3-1)11-8-4-5-9-12-11;/h8-12,14-18H,1-7H3;1-6,8-9H;/q2*-1;/i18D;;. The molecule has 0 aliphatic carbocycles. The van der Waals surface area contributed by atoms with E-state index in [2.05, 4.69) is 88.1 Å². The topological polar surface area (TPSA) is 51.8 Å². The van der Waals surface area contributed by atoms with Crippen LogP contribution in [0, 0.1) is 26.0 Å². The molecule has 0 aliphatic rings. The summed E-state index contributed by atoms with van der Waals surface area (Å²) in [5.74, 6) is -0.815. The summed E-state index contributed by atoms with van der Waals surface area (Å²) < 4.78 is 16.6. The van der Waals surface area contributed by atoms with E-state index >= 15 is 0 Å². The third-order valence-corrected chi connectivity index (χ3v) is 10.1. The van der Waals surface area contributed by atoms with E-state index in [9.17, 15) is 0 Å². The number of hydrogen-bond donors (Lipinski definition) is 0. The summed E-state index contributed by atoms with van der Waals surface area (Å²) in [6, 6.07) is 36.8. The molecule has 6 heteroatoms. The molecule has 8 aromatic rings. The first-order valence-corrected chi connectivity index (χ1v) is 17.3. The Kier molecular flexibility index (Phi) is 9.79. The normalized spacial score (nSPS) is 12.0. The second-order valence-corrected chi connectivity index (χ2v) is 14.7. The number of aromatic nitrogens is 3. The number of fused-ring (bicyclic) bond motifs is 4. The van der Waals surface area contributed by atoms with E-state index in [4.69, 9.17) is 15.8 Å². The molecule has 253 valence electrons. The quantitative estimate of drug-likeness (QED) is 0.166. The molecule has 0 amide bonds. The van der Waals surface area contributed by atoms with Crippen molar-refractivity contribution in [3.8, 4) is 33.6 Å². The molecule has 0 atom stereocenters. The molecule has 0 N–H and O–H groups in total. The predicted octanol–water partition coefficient (Wildman–Crippen LogP) is 12.3. The van der Waals surface area contributed by atoms with E-state index in [-0.39, 0.29) is 25.5 Å². The van der Waals surface area contributed by atoms with Gasteiger partial charge in [-0.05, 0) is 65.5 Å². The van der Waals surface area contributed by atoms with Gasteiger partial charge in [-0.1, -0.05) is 82.0 Å². The maximum atomic E-state index is 8.97. The Balaban J connectivity index is 0.000000291. The van der Waals surface area contributed by atoms with Gasteiger partial charge in [0.05, 0.1) is 20.8 Å². The summed E-state index contributed by atoms with van der Waals surface area (Å²) in [4.78, 5) is 14.0. The van der Waals surface area contributed by atoms with Gasteiger partial charge in [-0.15, -0.1) is 65.4 Å². The first-order chi connectivity index (χ1) is 23.9. The van der Waals surface area contributed by atoms with E-state index in [0.717, 1.165) is 76.4 Å². The zero-order valence-corrected chi connectivity index (χ0v) is 32.5. The van der Waals surface area contributed by atoms with Crippen molar-refractivity contribution < 1.29 is 25.9 Å². The van der Waals surface area contributed by atoms with Crippen LogP contribution in [0.4, 0.5) is 0 Å². The zero-order chi connectivity index (χ0) is 35.2. The van der Waals surface area contributed by atoms with Gasteiger partial charge in [-0.25, -0.2) is 4.98 Å². The molecule has 4 aromatic heterocycles. The molecule has 0 aliphatic heterocycles. The summed E-state index contributed by atoms with van der Waals surface area (Å²) in [7, 11) is 0. The summed E-state index contributed by atoms with van der Waals surface area (Å²) in [6.45, 7) is 14.7. The van der Waals surface area contributed by atoms with Crippen LogP contribution >= 0.6 is 11.3 Å². The number of aryl methyl sites for hydroxylation is 2. The fourth-order valence-electron chi connectivity index (χ4n) is 6.19. The fourth-order valence-corrected chi connectivity index (χ4v) is 7.24. The van der Waals surface area contributed by atoms with Crippen LogP contribution in [0.3, 0.4) is 0 Å². The molecule has 4 nitrogen and oxygen atoms in total. The van der Waals surface area contributed by atoms with Gasteiger partial charge >= 0.3 is 0 Å². The molecule has 0 bridgehead atoms. The molecule has 1 radical (unpaired) electrons. The maximum absolute atomic E-state index is 8.97. The van der Waals surface area contributed by atoms with Crippen LogP contribution in [0.1, 0.15) is 63.6 Å². The number of rotatable bonds is 4. The van der Waals surface area contributed by atoms with Gasteiger partial charge in [-0.3, -0.25) is 0 Å². The van der Waals surface area contributed by atoms with Gasteiger partial charge in [0.2, 0.25) is 0 Å². The van der Waals surface area contributed by atoms with Crippen LogP contribution in [-0.2, 0) is 25.5 Å². The molecule has 50 heavy (non-hydrogen) atoms. The van der Waals surface area contributed by atoms with Crippen LogP contribution in [0.5, 0.6) is 0 Å². The second-order valence-electron chi connectivity index (χ2n) is 13.7.